The second-order valence-corrected chi connectivity index (χ2v) is 8.30. The van der Waals surface area contributed by atoms with Gasteiger partial charge in [-0.05, 0) is 44.1 Å². The molecule has 3 aromatic rings. The maximum atomic E-state index is 5.63. The molecule has 0 saturated carbocycles. The Labute approximate surface area is 165 Å². The number of hydrogen-bond donors (Lipinski definition) is 0. The van der Waals surface area contributed by atoms with Crippen molar-refractivity contribution < 1.29 is 9.26 Å². The monoisotopic (exact) mass is 381 g/mol. The second kappa shape index (κ2) is 6.72. The molecule has 0 atom stereocenters. The number of pyridine rings is 1. The van der Waals surface area contributed by atoms with E-state index < -0.39 is 0 Å². The Kier molecular flexibility index (Phi) is 4.48. The third-order valence-corrected chi connectivity index (χ3v) is 5.67. The summed E-state index contributed by atoms with van der Waals surface area (Å²) in [6, 6.07) is 2.03. The summed E-state index contributed by atoms with van der Waals surface area (Å²) in [5.74, 6) is 1.65. The summed E-state index contributed by atoms with van der Waals surface area (Å²) in [5.41, 5.74) is 6.29. The average molecular weight is 381 g/mol. The molecule has 1 aliphatic carbocycles. The van der Waals surface area contributed by atoms with Gasteiger partial charge in [0.25, 0.3) is 5.89 Å². The molecule has 0 bridgehead atoms. The van der Waals surface area contributed by atoms with Gasteiger partial charge in [-0.15, -0.1) is 0 Å². The summed E-state index contributed by atoms with van der Waals surface area (Å²) < 4.78 is 13.0. The van der Waals surface area contributed by atoms with Crippen molar-refractivity contribution >= 4 is 0 Å². The number of ether oxygens (including phenoxy) is 1. The number of nitrogens with zero attached hydrogens (tertiary/aromatic N) is 5. The summed E-state index contributed by atoms with van der Waals surface area (Å²) in [6.45, 7) is 8.61. The minimum absolute atomic E-state index is 0.292. The van der Waals surface area contributed by atoms with E-state index in [0.717, 1.165) is 48.2 Å². The molecule has 4 rings (SSSR count). The highest BCUT2D eigenvalue weighted by Crippen LogP contribution is 2.38. The van der Waals surface area contributed by atoms with Gasteiger partial charge in [-0.25, -0.2) is 4.98 Å². The van der Waals surface area contributed by atoms with Crippen LogP contribution in [0.3, 0.4) is 0 Å². The number of methoxy groups -OCH3 is 1. The van der Waals surface area contributed by atoms with Crippen molar-refractivity contribution in [2.75, 3.05) is 7.11 Å². The van der Waals surface area contributed by atoms with Crippen LogP contribution in [0, 0.1) is 12.3 Å². The summed E-state index contributed by atoms with van der Waals surface area (Å²) in [7, 11) is 3.63. The highest BCUT2D eigenvalue weighted by Gasteiger charge is 2.32. The molecule has 0 spiro atoms. The van der Waals surface area contributed by atoms with E-state index in [2.05, 4.69) is 35.9 Å². The lowest BCUT2D eigenvalue weighted by Gasteiger charge is -2.29. The lowest BCUT2D eigenvalue weighted by Crippen LogP contribution is -2.23. The molecule has 7 nitrogen and oxygen atoms in total. The molecule has 0 aromatic carbocycles. The van der Waals surface area contributed by atoms with E-state index in [4.69, 9.17) is 14.4 Å². The van der Waals surface area contributed by atoms with Gasteiger partial charge in [0.15, 0.2) is 5.69 Å². The molecule has 0 unspecified atom stereocenters. The molecule has 0 saturated heterocycles. The molecule has 7 heteroatoms. The molecule has 0 fully saturated rings. The van der Waals surface area contributed by atoms with Crippen LogP contribution < -0.4 is 4.74 Å². The minimum Gasteiger partial charge on any atom is -0.481 e. The highest BCUT2D eigenvalue weighted by molar-refractivity contribution is 5.63. The van der Waals surface area contributed by atoms with Crippen LogP contribution in [0.1, 0.15) is 49.7 Å². The van der Waals surface area contributed by atoms with Crippen LogP contribution in [-0.4, -0.2) is 32.0 Å². The largest absolute Gasteiger partial charge is 0.481 e. The Morgan fingerprint density at radius 1 is 1.29 bits per heavy atom. The van der Waals surface area contributed by atoms with Crippen molar-refractivity contribution in [3.63, 3.8) is 0 Å². The molecule has 0 radical (unpaired) electrons. The lowest BCUT2D eigenvalue weighted by atomic mass is 9.76. The fourth-order valence-electron chi connectivity index (χ4n) is 3.97. The number of rotatable bonds is 4. The summed E-state index contributed by atoms with van der Waals surface area (Å²) in [6.07, 6.45) is 3.93. The van der Waals surface area contributed by atoms with Crippen LogP contribution >= 0.6 is 0 Å². The Hall–Kier alpha value is -2.70. The van der Waals surface area contributed by atoms with Crippen molar-refractivity contribution in [1.82, 2.24) is 24.9 Å². The average Bonchev–Trinajstić information content (AvgIpc) is 3.25. The molecule has 0 aliphatic heterocycles. The first-order valence-corrected chi connectivity index (χ1v) is 9.76. The zero-order valence-corrected chi connectivity index (χ0v) is 17.5. The van der Waals surface area contributed by atoms with Gasteiger partial charge in [0, 0.05) is 29.4 Å². The van der Waals surface area contributed by atoms with E-state index >= 15 is 0 Å². The molecule has 0 amide bonds. The van der Waals surface area contributed by atoms with Gasteiger partial charge in [0.05, 0.1) is 12.8 Å². The normalized spacial score (nSPS) is 15.5. The van der Waals surface area contributed by atoms with E-state index in [1.165, 1.54) is 11.3 Å². The van der Waals surface area contributed by atoms with Crippen molar-refractivity contribution in [1.29, 1.82) is 0 Å². The summed E-state index contributed by atoms with van der Waals surface area (Å²) in [5, 5.41) is 8.93. The lowest BCUT2D eigenvalue weighted by molar-refractivity contribution is 0.306. The highest BCUT2D eigenvalue weighted by atomic mass is 16.5. The number of aryl methyl sites for hydroxylation is 3. The predicted octanol–water partition coefficient (Wildman–Crippen LogP) is 3.93. The van der Waals surface area contributed by atoms with Crippen LogP contribution in [0.4, 0.5) is 0 Å². The van der Waals surface area contributed by atoms with Gasteiger partial charge >= 0.3 is 0 Å². The second-order valence-electron chi connectivity index (χ2n) is 8.30. The maximum absolute atomic E-state index is 5.63. The van der Waals surface area contributed by atoms with Crippen molar-refractivity contribution in [2.24, 2.45) is 12.5 Å². The van der Waals surface area contributed by atoms with Gasteiger partial charge in [0.1, 0.15) is 0 Å². The number of hydrogen-bond acceptors (Lipinski definition) is 6. The first-order valence-electron chi connectivity index (χ1n) is 9.76. The Bertz CT molecular complexity index is 1030. The maximum Gasteiger partial charge on any atom is 0.279 e. The van der Waals surface area contributed by atoms with Crippen LogP contribution in [0.25, 0.3) is 23.0 Å². The Morgan fingerprint density at radius 2 is 2.07 bits per heavy atom. The van der Waals surface area contributed by atoms with Crippen LogP contribution in [-0.2, 0) is 26.3 Å². The molecule has 1 aliphatic rings. The van der Waals surface area contributed by atoms with Crippen molar-refractivity contribution in [3.05, 3.63) is 28.6 Å². The molecular formula is C21H27N5O2. The van der Waals surface area contributed by atoms with E-state index in [-0.39, 0.29) is 0 Å². The van der Waals surface area contributed by atoms with Gasteiger partial charge < -0.3 is 9.26 Å². The molecule has 28 heavy (non-hydrogen) atoms. The first-order chi connectivity index (χ1) is 13.3. The van der Waals surface area contributed by atoms with Gasteiger partial charge in [-0.3, -0.25) is 4.68 Å². The van der Waals surface area contributed by atoms with Crippen LogP contribution in [0.2, 0.25) is 0 Å². The van der Waals surface area contributed by atoms with Gasteiger partial charge in [-0.2, -0.15) is 10.1 Å². The van der Waals surface area contributed by atoms with Crippen LogP contribution in [0.15, 0.2) is 10.6 Å². The Morgan fingerprint density at radius 3 is 2.79 bits per heavy atom. The van der Waals surface area contributed by atoms with E-state index in [9.17, 15) is 0 Å². The van der Waals surface area contributed by atoms with E-state index in [1.807, 2.05) is 24.7 Å². The predicted molar refractivity (Wildman–Crippen MR) is 106 cm³/mol. The topological polar surface area (TPSA) is 78.9 Å². The fourth-order valence-corrected chi connectivity index (χ4v) is 3.97. The fraction of sp³-hybridized carbons (Fsp3) is 0.524. The zero-order chi connectivity index (χ0) is 20.1. The smallest absolute Gasteiger partial charge is 0.279 e. The quantitative estimate of drug-likeness (QED) is 0.681. The Balaban J connectivity index is 1.74. The van der Waals surface area contributed by atoms with E-state index in [1.54, 1.807) is 7.11 Å². The molecule has 3 aromatic heterocycles. The van der Waals surface area contributed by atoms with Gasteiger partial charge in [0.2, 0.25) is 11.7 Å². The SMILES string of the molecule is CCc1cc(-c2noc(-c3nn(C)c4c3CCC(C)(C)C4)n2)c(C)nc1OC. The summed E-state index contributed by atoms with van der Waals surface area (Å²) >= 11 is 0. The van der Waals surface area contributed by atoms with Crippen molar-refractivity contribution in [3.8, 4) is 28.9 Å². The third kappa shape index (κ3) is 3.08. The summed E-state index contributed by atoms with van der Waals surface area (Å²) in [4.78, 5) is 9.21. The number of aromatic nitrogens is 5. The molecular weight excluding hydrogens is 354 g/mol. The molecule has 148 valence electrons. The zero-order valence-electron chi connectivity index (χ0n) is 17.5. The minimum atomic E-state index is 0.292. The molecule has 0 N–H and O–H groups in total. The molecule has 3 heterocycles. The standard InChI is InChI=1S/C21H27N5O2/c1-7-13-10-15(12(2)22-19(13)27-6)18-23-20(28-25-18)17-14-8-9-21(3,4)11-16(14)26(5)24-17/h10H,7-9,11H2,1-6H3. The van der Waals surface area contributed by atoms with Crippen molar-refractivity contribution in [2.45, 2.75) is 53.4 Å². The van der Waals surface area contributed by atoms with Crippen LogP contribution in [0.5, 0.6) is 5.88 Å². The first kappa shape index (κ1) is 18.7. The third-order valence-electron chi connectivity index (χ3n) is 5.67. The van der Waals surface area contributed by atoms with E-state index in [0.29, 0.717) is 23.0 Å². The van der Waals surface area contributed by atoms with Gasteiger partial charge in [-0.1, -0.05) is 25.9 Å². The number of fused-ring (bicyclic) bond motifs is 1.